The Morgan fingerprint density at radius 2 is 1.62 bits per heavy atom. The van der Waals surface area contributed by atoms with E-state index in [0.29, 0.717) is 5.69 Å². The van der Waals surface area contributed by atoms with Crippen molar-refractivity contribution < 1.29 is 17.6 Å². The van der Waals surface area contributed by atoms with E-state index in [1.807, 2.05) is 6.07 Å². The molecule has 0 aliphatic heterocycles. The first-order valence-electron chi connectivity index (χ1n) is 6.00. The summed E-state index contributed by atoms with van der Waals surface area (Å²) in [5, 5.41) is 11.6. The molecule has 0 atom stereocenters. The second-order valence-corrected chi connectivity index (χ2v) is 4.47. The van der Waals surface area contributed by atoms with E-state index < -0.39 is 23.3 Å². The van der Waals surface area contributed by atoms with E-state index in [2.05, 4.69) is 5.32 Å². The highest BCUT2D eigenvalue weighted by atomic mass is 19.2. The van der Waals surface area contributed by atoms with Crippen LogP contribution in [-0.4, -0.2) is 0 Å². The lowest BCUT2D eigenvalue weighted by atomic mass is 10.1. The quantitative estimate of drug-likeness (QED) is 0.685. The van der Waals surface area contributed by atoms with Gasteiger partial charge in [-0.15, -0.1) is 0 Å². The Morgan fingerprint density at radius 3 is 2.19 bits per heavy atom. The highest BCUT2D eigenvalue weighted by molar-refractivity contribution is 5.56. The summed E-state index contributed by atoms with van der Waals surface area (Å²) in [5.41, 5.74) is 0.888. The molecule has 0 aliphatic carbocycles. The van der Waals surface area contributed by atoms with Crippen molar-refractivity contribution in [2.24, 2.45) is 0 Å². The molecule has 0 bridgehead atoms. The van der Waals surface area contributed by atoms with Crippen molar-refractivity contribution in [3.8, 4) is 6.07 Å². The van der Waals surface area contributed by atoms with Crippen LogP contribution in [-0.2, 0) is 6.54 Å². The standard InChI is InChI=1S/C15H10F4N2/c1-8-11(16)2-9(6-20)5-14(8)21-7-10-3-12(17)15(19)13(18)4-10/h2-5,21H,7H2,1H3. The molecule has 2 rings (SSSR count). The van der Waals surface area contributed by atoms with Gasteiger partial charge in [0.25, 0.3) is 0 Å². The fourth-order valence-corrected chi connectivity index (χ4v) is 1.83. The van der Waals surface area contributed by atoms with Gasteiger partial charge in [-0.25, -0.2) is 17.6 Å². The zero-order valence-corrected chi connectivity index (χ0v) is 11.0. The van der Waals surface area contributed by atoms with Gasteiger partial charge in [0.15, 0.2) is 17.5 Å². The van der Waals surface area contributed by atoms with Crippen LogP contribution >= 0.6 is 0 Å². The number of rotatable bonds is 3. The van der Waals surface area contributed by atoms with E-state index in [-0.39, 0.29) is 23.2 Å². The van der Waals surface area contributed by atoms with Gasteiger partial charge in [-0.1, -0.05) is 0 Å². The maximum atomic E-state index is 13.6. The molecule has 6 heteroatoms. The molecule has 0 unspecified atom stereocenters. The van der Waals surface area contributed by atoms with Gasteiger partial charge in [-0.3, -0.25) is 0 Å². The topological polar surface area (TPSA) is 35.8 Å². The van der Waals surface area contributed by atoms with Crippen LogP contribution in [0.5, 0.6) is 0 Å². The van der Waals surface area contributed by atoms with E-state index in [4.69, 9.17) is 5.26 Å². The molecule has 2 aromatic carbocycles. The number of nitrogens with one attached hydrogen (secondary N) is 1. The van der Waals surface area contributed by atoms with E-state index in [1.165, 1.54) is 13.0 Å². The van der Waals surface area contributed by atoms with Crippen LogP contribution in [0.25, 0.3) is 0 Å². The van der Waals surface area contributed by atoms with Gasteiger partial charge < -0.3 is 5.32 Å². The number of hydrogen-bond donors (Lipinski definition) is 1. The lowest BCUT2D eigenvalue weighted by Crippen LogP contribution is -2.05. The lowest BCUT2D eigenvalue weighted by Gasteiger charge is -2.11. The number of nitriles is 1. The van der Waals surface area contributed by atoms with E-state index >= 15 is 0 Å². The van der Waals surface area contributed by atoms with Gasteiger partial charge in [0, 0.05) is 17.8 Å². The van der Waals surface area contributed by atoms with Crippen molar-refractivity contribution in [3.63, 3.8) is 0 Å². The Labute approximate surface area is 118 Å². The average molecular weight is 294 g/mol. The molecule has 0 spiro atoms. The Bertz CT molecular complexity index is 712. The summed E-state index contributed by atoms with van der Waals surface area (Å²) in [6.45, 7) is 1.47. The Hall–Kier alpha value is -2.55. The van der Waals surface area contributed by atoms with Crippen LogP contribution < -0.4 is 5.32 Å². The van der Waals surface area contributed by atoms with Gasteiger partial charge in [0.2, 0.25) is 0 Å². The number of benzene rings is 2. The number of nitrogens with zero attached hydrogens (tertiary/aromatic N) is 1. The van der Waals surface area contributed by atoms with E-state index in [0.717, 1.165) is 18.2 Å². The van der Waals surface area contributed by atoms with Crippen LogP contribution in [0.15, 0.2) is 24.3 Å². The maximum Gasteiger partial charge on any atom is 0.194 e. The van der Waals surface area contributed by atoms with Crippen LogP contribution in [0.3, 0.4) is 0 Å². The molecule has 108 valence electrons. The number of halogens is 4. The van der Waals surface area contributed by atoms with Crippen molar-refractivity contribution in [3.05, 3.63) is 64.2 Å². The summed E-state index contributed by atoms with van der Waals surface area (Å²) in [4.78, 5) is 0. The van der Waals surface area contributed by atoms with Gasteiger partial charge in [-0.05, 0) is 36.8 Å². The van der Waals surface area contributed by atoms with Crippen LogP contribution in [0.1, 0.15) is 16.7 Å². The highest BCUT2D eigenvalue weighted by Gasteiger charge is 2.11. The SMILES string of the molecule is Cc1c(F)cc(C#N)cc1NCc1cc(F)c(F)c(F)c1. The van der Waals surface area contributed by atoms with E-state index in [9.17, 15) is 17.6 Å². The second kappa shape index (κ2) is 5.83. The molecule has 1 N–H and O–H groups in total. The largest absolute Gasteiger partial charge is 0.381 e. The molecule has 0 aromatic heterocycles. The summed E-state index contributed by atoms with van der Waals surface area (Å²) in [6, 6.07) is 6.03. The normalized spacial score (nSPS) is 10.3. The molecule has 0 saturated heterocycles. The smallest absolute Gasteiger partial charge is 0.194 e. The van der Waals surface area contributed by atoms with E-state index in [1.54, 1.807) is 0 Å². The van der Waals surface area contributed by atoms with Crippen LogP contribution in [0.2, 0.25) is 0 Å². The third-order valence-corrected chi connectivity index (χ3v) is 3.00. The van der Waals surface area contributed by atoms with Crippen molar-refractivity contribution in [1.29, 1.82) is 5.26 Å². The molecule has 21 heavy (non-hydrogen) atoms. The molecule has 2 nitrogen and oxygen atoms in total. The van der Waals surface area contributed by atoms with Gasteiger partial charge in [0.05, 0.1) is 11.6 Å². The average Bonchev–Trinajstić information content (AvgIpc) is 2.45. The number of anilines is 1. The Morgan fingerprint density at radius 1 is 1.00 bits per heavy atom. The summed E-state index contributed by atoms with van der Waals surface area (Å²) < 4.78 is 52.6. The third-order valence-electron chi connectivity index (χ3n) is 3.00. The molecular formula is C15H10F4N2. The molecule has 0 aliphatic rings. The molecular weight excluding hydrogens is 284 g/mol. The predicted octanol–water partition coefficient (Wildman–Crippen LogP) is 4.04. The monoisotopic (exact) mass is 294 g/mol. The minimum atomic E-state index is -1.53. The van der Waals surface area contributed by atoms with Crippen molar-refractivity contribution in [1.82, 2.24) is 0 Å². The minimum absolute atomic E-state index is 0.0384. The fraction of sp³-hybridized carbons (Fsp3) is 0.133. The molecule has 0 radical (unpaired) electrons. The van der Waals surface area contributed by atoms with Gasteiger partial charge in [-0.2, -0.15) is 5.26 Å². The fourth-order valence-electron chi connectivity index (χ4n) is 1.83. The first kappa shape index (κ1) is 14.9. The molecule has 2 aromatic rings. The maximum absolute atomic E-state index is 13.6. The summed E-state index contributed by atoms with van der Waals surface area (Å²) in [5.74, 6) is -4.68. The first-order chi connectivity index (χ1) is 9.92. The highest BCUT2D eigenvalue weighted by Crippen LogP contribution is 2.22. The predicted molar refractivity (Wildman–Crippen MR) is 69.5 cm³/mol. The number of hydrogen-bond acceptors (Lipinski definition) is 2. The first-order valence-corrected chi connectivity index (χ1v) is 6.00. The molecule has 0 saturated carbocycles. The Kier molecular flexibility index (Phi) is 4.13. The van der Waals surface area contributed by atoms with Crippen molar-refractivity contribution >= 4 is 5.69 Å². The summed E-state index contributed by atoms with van der Waals surface area (Å²) in [7, 11) is 0. The van der Waals surface area contributed by atoms with Crippen LogP contribution in [0.4, 0.5) is 23.2 Å². The molecule has 0 fully saturated rings. The van der Waals surface area contributed by atoms with Gasteiger partial charge >= 0.3 is 0 Å². The molecule has 0 heterocycles. The molecule has 0 amide bonds. The third kappa shape index (κ3) is 3.14. The Balaban J connectivity index is 2.25. The zero-order valence-electron chi connectivity index (χ0n) is 11.0. The van der Waals surface area contributed by atoms with Crippen molar-refractivity contribution in [2.75, 3.05) is 5.32 Å². The summed E-state index contributed by atoms with van der Waals surface area (Å²) in [6.07, 6.45) is 0. The lowest BCUT2D eigenvalue weighted by molar-refractivity contribution is 0.445. The summed E-state index contributed by atoms with van der Waals surface area (Å²) >= 11 is 0. The van der Waals surface area contributed by atoms with Crippen LogP contribution in [0, 0.1) is 41.5 Å². The second-order valence-electron chi connectivity index (χ2n) is 4.47. The van der Waals surface area contributed by atoms with Crippen molar-refractivity contribution in [2.45, 2.75) is 13.5 Å². The van der Waals surface area contributed by atoms with Gasteiger partial charge in [0.1, 0.15) is 5.82 Å². The zero-order chi connectivity index (χ0) is 15.6. The minimum Gasteiger partial charge on any atom is -0.381 e.